The topological polar surface area (TPSA) is 158 Å². The molecule has 0 saturated heterocycles. The third-order valence-corrected chi connectivity index (χ3v) is 7.44. The van der Waals surface area contributed by atoms with Crippen LogP contribution in [0.5, 0.6) is 0 Å². The minimum atomic E-state index is -0.583. The van der Waals surface area contributed by atoms with Gasteiger partial charge in [-0.3, -0.25) is 9.78 Å². The van der Waals surface area contributed by atoms with Gasteiger partial charge in [0.2, 0.25) is 5.91 Å². The van der Waals surface area contributed by atoms with Gasteiger partial charge in [-0.1, -0.05) is 76.9 Å². The van der Waals surface area contributed by atoms with Crippen molar-refractivity contribution < 1.29 is 4.79 Å². The fraction of sp³-hybridized carbons (Fsp3) is 0.161. The summed E-state index contributed by atoms with van der Waals surface area (Å²) in [6, 6.07) is 24.2. The van der Waals surface area contributed by atoms with E-state index in [2.05, 4.69) is 38.1 Å². The summed E-state index contributed by atoms with van der Waals surface area (Å²) in [6.07, 6.45) is 3.95. The molecule has 2 aromatic heterocycles. The number of aromatic nitrogens is 4. The maximum Gasteiger partial charge on any atom is 0.239 e. The van der Waals surface area contributed by atoms with Crippen LogP contribution in [0, 0.1) is 22.7 Å². The van der Waals surface area contributed by atoms with Crippen LogP contribution < -0.4 is 16.4 Å². The first-order chi connectivity index (χ1) is 20.9. The molecule has 0 aliphatic carbocycles. The summed E-state index contributed by atoms with van der Waals surface area (Å²) < 4.78 is 1.35. The van der Waals surface area contributed by atoms with E-state index in [0.29, 0.717) is 56.4 Å². The summed E-state index contributed by atoms with van der Waals surface area (Å²) in [6.45, 7) is -0.129. The smallest absolute Gasteiger partial charge is 0.239 e. The number of carbonyl (C=O) groups excluding carboxylic acids is 1. The Morgan fingerprint density at radius 2 is 1.79 bits per heavy atom. The van der Waals surface area contributed by atoms with E-state index in [9.17, 15) is 15.3 Å². The molecule has 0 aliphatic rings. The Morgan fingerprint density at radius 3 is 2.51 bits per heavy atom. The molecule has 10 nitrogen and oxygen atoms in total. The Hall–Kier alpha value is -5.16. The largest absolute Gasteiger partial charge is 0.377 e. The van der Waals surface area contributed by atoms with Crippen molar-refractivity contribution in [2.24, 2.45) is 5.73 Å². The molecule has 12 heteroatoms. The Bertz CT molecular complexity index is 1860. The second kappa shape index (κ2) is 13.2. The molecule has 0 fully saturated rings. The normalized spacial score (nSPS) is 12.2. The molecule has 5 aromatic rings. The lowest BCUT2D eigenvalue weighted by molar-refractivity contribution is -0.118. The van der Waals surface area contributed by atoms with E-state index >= 15 is 0 Å². The molecule has 214 valence electrons. The highest BCUT2D eigenvalue weighted by molar-refractivity contribution is 6.36. The monoisotopic (exact) mass is 609 g/mol. The van der Waals surface area contributed by atoms with Gasteiger partial charge in [-0.25, -0.2) is 4.68 Å². The van der Waals surface area contributed by atoms with Crippen molar-refractivity contribution in [2.45, 2.75) is 31.5 Å². The number of halogens is 2. The molecule has 0 aliphatic heterocycles. The van der Waals surface area contributed by atoms with Gasteiger partial charge in [-0.2, -0.15) is 10.5 Å². The van der Waals surface area contributed by atoms with Gasteiger partial charge >= 0.3 is 0 Å². The van der Waals surface area contributed by atoms with Crippen molar-refractivity contribution in [3.63, 3.8) is 0 Å². The summed E-state index contributed by atoms with van der Waals surface area (Å²) in [4.78, 5) is 15.9. The van der Waals surface area contributed by atoms with E-state index in [1.807, 2.05) is 54.6 Å². The number of primary amides is 1. The zero-order chi connectivity index (χ0) is 30.3. The first-order valence-electron chi connectivity index (χ1n) is 13.3. The number of rotatable bonds is 11. The molecule has 5 rings (SSSR count). The number of nitrogens with two attached hydrogens (primary N) is 1. The number of benzene rings is 3. The Kier molecular flexibility index (Phi) is 9.02. The van der Waals surface area contributed by atoms with Crippen molar-refractivity contribution in [2.75, 3.05) is 10.6 Å². The molecule has 2 heterocycles. The number of nitrogens with one attached hydrogen (secondary N) is 2. The summed E-state index contributed by atoms with van der Waals surface area (Å²) in [7, 11) is 0. The quantitative estimate of drug-likeness (QED) is 0.161. The van der Waals surface area contributed by atoms with E-state index in [1.54, 1.807) is 18.3 Å². The minimum Gasteiger partial charge on any atom is -0.377 e. The number of amides is 1. The Morgan fingerprint density at radius 1 is 1.02 bits per heavy atom. The van der Waals surface area contributed by atoms with Crippen molar-refractivity contribution in [1.82, 2.24) is 20.0 Å². The third-order valence-electron chi connectivity index (χ3n) is 6.81. The van der Waals surface area contributed by atoms with E-state index in [-0.39, 0.29) is 12.6 Å². The third kappa shape index (κ3) is 6.68. The standard InChI is InChI=1S/C31H25Cl2N9O/c32-24-10-5-4-9-22(24)31(27-17-42(41-40-27)18-28(36)43)38-21-13-23-29(20(15-35)16-37-30(23)25(33)14-21)39-26(11-6-12-34)19-7-2-1-3-8-19/h1-5,7-10,13-14,16-17,26,31,38H,6,11,18H2,(H2,36,43)(H,37,39). The number of hydrogen-bond donors (Lipinski definition) is 3. The van der Waals surface area contributed by atoms with Crippen LogP contribution in [0.1, 0.15) is 47.3 Å². The lowest BCUT2D eigenvalue weighted by Gasteiger charge is -2.23. The molecule has 0 spiro atoms. The lowest BCUT2D eigenvalue weighted by atomic mass is 10.00. The van der Waals surface area contributed by atoms with Crippen LogP contribution in [0.3, 0.4) is 0 Å². The number of fused-ring (bicyclic) bond motifs is 1. The van der Waals surface area contributed by atoms with Gasteiger partial charge in [0.25, 0.3) is 0 Å². The molecule has 1 amide bonds. The van der Waals surface area contributed by atoms with Gasteiger partial charge in [0.1, 0.15) is 18.3 Å². The average molecular weight is 611 g/mol. The molecule has 2 unspecified atom stereocenters. The molecule has 0 saturated carbocycles. The first kappa shape index (κ1) is 29.3. The van der Waals surface area contributed by atoms with Crippen LogP contribution in [0.4, 0.5) is 11.4 Å². The molecule has 2 atom stereocenters. The molecule has 3 aromatic carbocycles. The number of carbonyl (C=O) groups is 1. The maximum atomic E-state index is 11.5. The number of hydrogen-bond acceptors (Lipinski definition) is 8. The van der Waals surface area contributed by atoms with Gasteiger partial charge in [-0.05, 0) is 35.7 Å². The average Bonchev–Trinajstić information content (AvgIpc) is 3.46. The fourth-order valence-corrected chi connectivity index (χ4v) is 5.36. The molecule has 43 heavy (non-hydrogen) atoms. The molecule has 4 N–H and O–H groups in total. The van der Waals surface area contributed by atoms with E-state index in [4.69, 9.17) is 28.9 Å². The number of nitriles is 2. The molecule has 0 bridgehead atoms. The van der Waals surface area contributed by atoms with Gasteiger partial charge in [0.15, 0.2) is 0 Å². The Balaban J connectivity index is 1.60. The number of anilines is 2. The summed E-state index contributed by atoms with van der Waals surface area (Å²) in [5, 5.41) is 36.1. The SMILES string of the molecule is N#CCCC(Nc1c(C#N)cnc2c(Cl)cc(NC(c3cn(CC(N)=O)nn3)c3ccccc3Cl)cc12)c1ccccc1. The van der Waals surface area contributed by atoms with Crippen molar-refractivity contribution in [3.8, 4) is 12.1 Å². The van der Waals surface area contributed by atoms with Gasteiger partial charge in [0, 0.05) is 28.7 Å². The van der Waals surface area contributed by atoms with Crippen molar-refractivity contribution in [3.05, 3.63) is 112 Å². The van der Waals surface area contributed by atoms with Crippen LogP contribution in [0.15, 0.2) is 79.1 Å². The van der Waals surface area contributed by atoms with E-state index < -0.39 is 11.9 Å². The maximum absolute atomic E-state index is 11.5. The second-order valence-electron chi connectivity index (χ2n) is 9.72. The highest BCUT2D eigenvalue weighted by Crippen LogP contribution is 2.38. The molecular formula is C31H25Cl2N9O. The van der Waals surface area contributed by atoms with E-state index in [1.165, 1.54) is 10.9 Å². The van der Waals surface area contributed by atoms with Crippen LogP contribution in [-0.2, 0) is 11.3 Å². The van der Waals surface area contributed by atoms with Gasteiger partial charge in [-0.15, -0.1) is 5.10 Å². The fourth-order valence-electron chi connectivity index (χ4n) is 4.84. The number of nitrogens with zero attached hydrogens (tertiary/aromatic N) is 6. The van der Waals surface area contributed by atoms with Crippen molar-refractivity contribution in [1.29, 1.82) is 10.5 Å². The molecular weight excluding hydrogens is 585 g/mol. The van der Waals surface area contributed by atoms with Crippen LogP contribution in [-0.4, -0.2) is 25.9 Å². The first-order valence-corrected chi connectivity index (χ1v) is 14.0. The highest BCUT2D eigenvalue weighted by Gasteiger charge is 2.23. The van der Waals surface area contributed by atoms with Crippen LogP contribution in [0.2, 0.25) is 10.0 Å². The summed E-state index contributed by atoms with van der Waals surface area (Å²) >= 11 is 13.4. The van der Waals surface area contributed by atoms with Gasteiger partial charge in [0.05, 0.1) is 46.1 Å². The zero-order valence-electron chi connectivity index (χ0n) is 22.7. The van der Waals surface area contributed by atoms with Gasteiger partial charge < -0.3 is 16.4 Å². The van der Waals surface area contributed by atoms with Crippen molar-refractivity contribution >= 4 is 51.4 Å². The zero-order valence-corrected chi connectivity index (χ0v) is 24.2. The predicted molar refractivity (Wildman–Crippen MR) is 165 cm³/mol. The summed E-state index contributed by atoms with van der Waals surface area (Å²) in [5.41, 5.74) is 9.51. The second-order valence-corrected chi connectivity index (χ2v) is 10.5. The van der Waals surface area contributed by atoms with E-state index in [0.717, 1.165) is 11.1 Å². The van der Waals surface area contributed by atoms with Crippen LogP contribution >= 0.6 is 23.2 Å². The number of pyridine rings is 1. The predicted octanol–water partition coefficient (Wildman–Crippen LogP) is 6.15. The highest BCUT2D eigenvalue weighted by atomic mass is 35.5. The lowest BCUT2D eigenvalue weighted by Crippen LogP contribution is -2.19. The Labute approximate surface area is 257 Å². The minimum absolute atomic E-state index is 0.129. The summed E-state index contributed by atoms with van der Waals surface area (Å²) in [5.74, 6) is -0.551. The van der Waals surface area contributed by atoms with Crippen LogP contribution in [0.25, 0.3) is 10.9 Å². The molecule has 0 radical (unpaired) electrons.